The van der Waals surface area contributed by atoms with Crippen LogP contribution in [0.25, 0.3) is 5.00 Å². The molecule has 4 heterocycles. The first-order valence-electron chi connectivity index (χ1n) is 13.3. The van der Waals surface area contributed by atoms with E-state index in [9.17, 15) is 9.59 Å². The molecule has 2 amide bonds. The SMILES string of the molecule is C=CCN1CCc2c(sc(-n3cccc3)c2CNC(=O)Nc2sc3c(c2C(=O)OC(C)(C)C)CCCC3)C1. The zero-order valence-corrected chi connectivity index (χ0v) is 24.0. The standard InChI is InChI=1S/C29H36N4O3S2/c1-5-13-32-16-12-19-21(26(38-23(19)18-32)33-14-8-9-15-33)17-30-28(35)31-25-24(27(34)36-29(2,3)4)20-10-6-7-11-22(20)37-25/h5,8-9,14-15H,1,6-7,10-13,16-18H2,2-4H3,(H2,30,31,35). The van der Waals surface area contributed by atoms with Crippen molar-refractivity contribution in [1.29, 1.82) is 0 Å². The lowest BCUT2D eigenvalue weighted by atomic mass is 9.95. The van der Waals surface area contributed by atoms with Crippen LogP contribution in [0.5, 0.6) is 0 Å². The number of thiophene rings is 2. The van der Waals surface area contributed by atoms with Gasteiger partial charge in [-0.1, -0.05) is 6.08 Å². The number of esters is 1. The van der Waals surface area contributed by atoms with Gasteiger partial charge in [-0.05, 0) is 76.1 Å². The molecular formula is C29H36N4O3S2. The van der Waals surface area contributed by atoms with Gasteiger partial charge in [0.15, 0.2) is 0 Å². The predicted molar refractivity (Wildman–Crippen MR) is 155 cm³/mol. The molecular weight excluding hydrogens is 516 g/mol. The zero-order valence-electron chi connectivity index (χ0n) is 22.4. The second-order valence-electron chi connectivity index (χ2n) is 10.9. The third-order valence-electron chi connectivity index (χ3n) is 6.88. The second-order valence-corrected chi connectivity index (χ2v) is 13.1. The fourth-order valence-corrected chi connectivity index (χ4v) is 7.87. The van der Waals surface area contributed by atoms with Crippen LogP contribution in [0.15, 0.2) is 37.2 Å². The van der Waals surface area contributed by atoms with Gasteiger partial charge in [0.1, 0.15) is 15.6 Å². The quantitative estimate of drug-likeness (QED) is 0.266. The van der Waals surface area contributed by atoms with Crippen molar-refractivity contribution in [3.63, 3.8) is 0 Å². The number of carbonyl (C=O) groups is 2. The number of nitrogens with zero attached hydrogens (tertiary/aromatic N) is 2. The molecule has 3 aromatic rings. The van der Waals surface area contributed by atoms with Crippen molar-refractivity contribution in [3.05, 3.63) is 69.2 Å². The van der Waals surface area contributed by atoms with Gasteiger partial charge in [-0.2, -0.15) is 0 Å². The van der Waals surface area contributed by atoms with Crippen molar-refractivity contribution < 1.29 is 14.3 Å². The van der Waals surface area contributed by atoms with Gasteiger partial charge in [-0.3, -0.25) is 10.2 Å². The number of ether oxygens (including phenoxy) is 1. The molecule has 9 heteroatoms. The summed E-state index contributed by atoms with van der Waals surface area (Å²) in [5.74, 6) is -0.363. The Hall–Kier alpha value is -2.88. The number of nitrogens with one attached hydrogen (secondary N) is 2. The van der Waals surface area contributed by atoms with Gasteiger partial charge in [0, 0.05) is 53.9 Å². The van der Waals surface area contributed by atoms with Gasteiger partial charge in [0.25, 0.3) is 0 Å². The van der Waals surface area contributed by atoms with Gasteiger partial charge in [-0.15, -0.1) is 29.3 Å². The Morgan fingerprint density at radius 1 is 1.08 bits per heavy atom. The molecule has 0 bridgehead atoms. The van der Waals surface area contributed by atoms with E-state index >= 15 is 0 Å². The Balaban J connectivity index is 1.36. The van der Waals surface area contributed by atoms with E-state index in [0.717, 1.165) is 67.9 Å². The van der Waals surface area contributed by atoms with Gasteiger partial charge in [0.2, 0.25) is 0 Å². The summed E-state index contributed by atoms with van der Waals surface area (Å²) in [4.78, 5) is 31.3. The number of anilines is 1. The molecule has 7 nitrogen and oxygen atoms in total. The maximum absolute atomic E-state index is 13.2. The molecule has 0 atom stereocenters. The van der Waals surface area contributed by atoms with Crippen LogP contribution in [-0.2, 0) is 37.1 Å². The Labute approximate surface area is 232 Å². The Morgan fingerprint density at radius 3 is 2.58 bits per heavy atom. The average Bonchev–Trinajstić information content (AvgIpc) is 3.58. The minimum Gasteiger partial charge on any atom is -0.456 e. The lowest BCUT2D eigenvalue weighted by Gasteiger charge is -2.26. The maximum Gasteiger partial charge on any atom is 0.341 e. The van der Waals surface area contributed by atoms with Crippen LogP contribution in [0.3, 0.4) is 0 Å². The number of hydrogen-bond donors (Lipinski definition) is 2. The lowest BCUT2D eigenvalue weighted by Crippen LogP contribution is -2.32. The number of urea groups is 1. The Kier molecular flexibility index (Phi) is 7.79. The summed E-state index contributed by atoms with van der Waals surface area (Å²) in [6.07, 6.45) is 10.9. The van der Waals surface area contributed by atoms with E-state index in [4.69, 9.17) is 4.74 Å². The Bertz CT molecular complexity index is 1330. The third kappa shape index (κ3) is 5.75. The summed E-state index contributed by atoms with van der Waals surface area (Å²) in [6, 6.07) is 3.73. The van der Waals surface area contributed by atoms with Crippen LogP contribution >= 0.6 is 22.7 Å². The number of hydrogen-bond acceptors (Lipinski definition) is 6. The summed E-state index contributed by atoms with van der Waals surface area (Å²) < 4.78 is 7.85. The number of amides is 2. The van der Waals surface area contributed by atoms with Gasteiger partial charge >= 0.3 is 12.0 Å². The minimum atomic E-state index is -0.603. The molecule has 1 aliphatic carbocycles. The number of aryl methyl sites for hydroxylation is 1. The first-order valence-corrected chi connectivity index (χ1v) is 14.9. The number of fused-ring (bicyclic) bond motifs is 2. The van der Waals surface area contributed by atoms with Crippen molar-refractivity contribution in [1.82, 2.24) is 14.8 Å². The normalized spacial score (nSPS) is 15.4. The fraction of sp³-hybridized carbons (Fsp3) is 0.448. The number of carbonyl (C=O) groups excluding carboxylic acids is 2. The Morgan fingerprint density at radius 2 is 1.84 bits per heavy atom. The van der Waals surface area contributed by atoms with Crippen molar-refractivity contribution in [2.75, 3.05) is 18.4 Å². The van der Waals surface area contributed by atoms with E-state index in [0.29, 0.717) is 17.1 Å². The first kappa shape index (κ1) is 26.7. The molecule has 2 N–H and O–H groups in total. The average molecular weight is 553 g/mol. The van der Waals surface area contributed by atoms with Crippen LogP contribution in [0, 0.1) is 0 Å². The van der Waals surface area contributed by atoms with E-state index in [1.165, 1.54) is 26.7 Å². The highest BCUT2D eigenvalue weighted by Crippen LogP contribution is 2.39. The van der Waals surface area contributed by atoms with Crippen molar-refractivity contribution in [3.8, 4) is 5.00 Å². The molecule has 2 aliphatic rings. The zero-order chi connectivity index (χ0) is 26.9. The highest BCUT2D eigenvalue weighted by atomic mass is 32.1. The second kappa shape index (κ2) is 11.1. The molecule has 1 aliphatic heterocycles. The van der Waals surface area contributed by atoms with E-state index in [2.05, 4.69) is 26.7 Å². The van der Waals surface area contributed by atoms with Crippen LogP contribution < -0.4 is 10.6 Å². The van der Waals surface area contributed by atoms with E-state index in [1.807, 2.05) is 51.4 Å². The molecule has 0 fully saturated rings. The molecule has 0 aromatic carbocycles. The van der Waals surface area contributed by atoms with Crippen LogP contribution in [0.1, 0.15) is 70.4 Å². The van der Waals surface area contributed by atoms with E-state index in [1.54, 1.807) is 11.3 Å². The smallest absolute Gasteiger partial charge is 0.341 e. The van der Waals surface area contributed by atoms with Crippen LogP contribution in [0.2, 0.25) is 0 Å². The van der Waals surface area contributed by atoms with Crippen molar-refractivity contribution >= 4 is 39.7 Å². The molecule has 0 radical (unpaired) electrons. The minimum absolute atomic E-state index is 0.309. The maximum atomic E-state index is 13.2. The summed E-state index contributed by atoms with van der Waals surface area (Å²) in [5.41, 5.74) is 3.45. The molecule has 5 rings (SSSR count). The predicted octanol–water partition coefficient (Wildman–Crippen LogP) is 6.30. The first-order chi connectivity index (χ1) is 18.2. The van der Waals surface area contributed by atoms with Gasteiger partial charge in [0.05, 0.1) is 5.56 Å². The van der Waals surface area contributed by atoms with Crippen LogP contribution in [-0.4, -0.2) is 40.2 Å². The van der Waals surface area contributed by atoms with E-state index in [-0.39, 0.29) is 12.0 Å². The molecule has 202 valence electrons. The lowest BCUT2D eigenvalue weighted by molar-refractivity contribution is 0.00699. The number of rotatable bonds is 7. The number of aromatic nitrogens is 1. The third-order valence-corrected chi connectivity index (χ3v) is 9.36. The van der Waals surface area contributed by atoms with E-state index < -0.39 is 5.60 Å². The summed E-state index contributed by atoms with van der Waals surface area (Å²) >= 11 is 3.30. The van der Waals surface area contributed by atoms with Crippen LogP contribution in [0.4, 0.5) is 9.80 Å². The topological polar surface area (TPSA) is 75.6 Å². The molecule has 3 aromatic heterocycles. The highest BCUT2D eigenvalue weighted by molar-refractivity contribution is 7.17. The summed E-state index contributed by atoms with van der Waals surface area (Å²) in [5, 5.41) is 7.81. The monoisotopic (exact) mass is 552 g/mol. The van der Waals surface area contributed by atoms with Crippen molar-refractivity contribution in [2.24, 2.45) is 0 Å². The van der Waals surface area contributed by atoms with Crippen molar-refractivity contribution in [2.45, 2.75) is 71.6 Å². The molecule has 0 saturated carbocycles. The summed E-state index contributed by atoms with van der Waals surface area (Å²) in [6.45, 7) is 12.6. The molecule has 0 unspecified atom stereocenters. The van der Waals surface area contributed by atoms with Gasteiger partial charge < -0.3 is 14.6 Å². The molecule has 38 heavy (non-hydrogen) atoms. The molecule has 0 saturated heterocycles. The fourth-order valence-electron chi connectivity index (χ4n) is 5.22. The largest absolute Gasteiger partial charge is 0.456 e. The summed E-state index contributed by atoms with van der Waals surface area (Å²) in [7, 11) is 0. The van der Waals surface area contributed by atoms with Gasteiger partial charge in [-0.25, -0.2) is 9.59 Å². The molecule has 0 spiro atoms. The highest BCUT2D eigenvalue weighted by Gasteiger charge is 2.30.